The quantitative estimate of drug-likeness (QED) is 0.315. The van der Waals surface area contributed by atoms with E-state index in [0.717, 1.165) is 32.8 Å². The van der Waals surface area contributed by atoms with Crippen LogP contribution in [0.25, 0.3) is 21.8 Å². The SMILES string of the molecule is CCC(C)(N)CC(=O)N[C@@H]1CCc2ccccc2N(Cc2ccc(-c3ccsc3-c3nn[nH]n3)cc2)C1=O. The Hall–Kier alpha value is -3.89. The van der Waals surface area contributed by atoms with E-state index in [0.29, 0.717) is 31.6 Å². The number of fused-ring (bicyclic) bond motifs is 1. The van der Waals surface area contributed by atoms with Gasteiger partial charge in [-0.2, -0.15) is 5.21 Å². The van der Waals surface area contributed by atoms with E-state index >= 15 is 0 Å². The third kappa shape index (κ3) is 5.51. The standard InChI is InChI=1S/C28H31N7O2S/c1-3-28(2,29)16-24(36)30-22-13-12-20-6-4-5-7-23(20)35(27(22)37)17-18-8-10-19(11-9-18)21-14-15-38-25(21)26-31-33-34-32-26/h4-11,14-15,22H,3,12-13,16-17,29H2,1-2H3,(H,30,36)(H,31,32,33,34)/t22-,28?/m1/s1. The van der Waals surface area contributed by atoms with Crippen molar-refractivity contribution >= 4 is 28.8 Å². The lowest BCUT2D eigenvalue weighted by atomic mass is 9.95. The van der Waals surface area contributed by atoms with Crippen molar-refractivity contribution in [3.05, 3.63) is 71.1 Å². The molecule has 0 saturated carbocycles. The predicted molar refractivity (Wildman–Crippen MR) is 148 cm³/mol. The van der Waals surface area contributed by atoms with Gasteiger partial charge in [-0.1, -0.05) is 49.4 Å². The van der Waals surface area contributed by atoms with Crippen LogP contribution < -0.4 is 16.0 Å². The van der Waals surface area contributed by atoms with Crippen molar-refractivity contribution in [3.63, 3.8) is 0 Å². The molecule has 2 amide bonds. The number of thiophene rings is 1. The minimum atomic E-state index is -0.606. The molecule has 5 rings (SSSR count). The largest absolute Gasteiger partial charge is 0.344 e. The Bertz CT molecular complexity index is 1410. The number of rotatable bonds is 8. The summed E-state index contributed by atoms with van der Waals surface area (Å²) in [6.45, 7) is 4.21. The molecule has 2 aromatic heterocycles. The first kappa shape index (κ1) is 25.7. The molecule has 0 radical (unpaired) electrons. The molecule has 1 unspecified atom stereocenters. The third-order valence-corrected chi connectivity index (χ3v) is 7.99. The fraction of sp³-hybridized carbons (Fsp3) is 0.321. The number of hydrogen-bond donors (Lipinski definition) is 3. The molecule has 0 saturated heterocycles. The van der Waals surface area contributed by atoms with Gasteiger partial charge < -0.3 is 16.0 Å². The highest BCUT2D eigenvalue weighted by molar-refractivity contribution is 7.14. The number of nitrogens with one attached hydrogen (secondary N) is 2. The van der Waals surface area contributed by atoms with Crippen LogP contribution in [0.2, 0.25) is 0 Å². The van der Waals surface area contributed by atoms with E-state index in [1.165, 1.54) is 0 Å². The number of anilines is 1. The molecule has 0 spiro atoms. The number of para-hydroxylation sites is 1. The van der Waals surface area contributed by atoms with Crippen LogP contribution in [0.3, 0.4) is 0 Å². The van der Waals surface area contributed by atoms with Crippen molar-refractivity contribution in [3.8, 4) is 21.8 Å². The van der Waals surface area contributed by atoms with Gasteiger partial charge in [0.25, 0.3) is 0 Å². The monoisotopic (exact) mass is 529 g/mol. The summed E-state index contributed by atoms with van der Waals surface area (Å²) in [5.41, 5.74) is 10.6. The summed E-state index contributed by atoms with van der Waals surface area (Å²) in [6.07, 6.45) is 2.10. The van der Waals surface area contributed by atoms with Crippen LogP contribution in [-0.2, 0) is 22.6 Å². The molecule has 0 aliphatic carbocycles. The molecule has 0 bridgehead atoms. The molecular weight excluding hydrogens is 498 g/mol. The Morgan fingerprint density at radius 1 is 1.21 bits per heavy atom. The van der Waals surface area contributed by atoms with E-state index in [9.17, 15) is 9.59 Å². The van der Waals surface area contributed by atoms with Gasteiger partial charge in [-0.05, 0) is 65.6 Å². The summed E-state index contributed by atoms with van der Waals surface area (Å²) in [6, 6.07) is 17.5. The summed E-state index contributed by atoms with van der Waals surface area (Å²) in [7, 11) is 0. The molecule has 1 aliphatic heterocycles. The average Bonchev–Trinajstić information content (AvgIpc) is 3.60. The number of aryl methyl sites for hydroxylation is 1. The van der Waals surface area contributed by atoms with Crippen LogP contribution in [0.4, 0.5) is 5.69 Å². The van der Waals surface area contributed by atoms with E-state index < -0.39 is 11.6 Å². The Balaban J connectivity index is 1.37. The molecule has 4 N–H and O–H groups in total. The number of carbonyl (C=O) groups is 2. The third-order valence-electron chi connectivity index (χ3n) is 7.08. The van der Waals surface area contributed by atoms with E-state index in [2.05, 4.69) is 25.9 Å². The lowest BCUT2D eigenvalue weighted by Gasteiger charge is -2.28. The average molecular weight is 530 g/mol. The van der Waals surface area contributed by atoms with Crippen LogP contribution in [0.15, 0.2) is 60.0 Å². The van der Waals surface area contributed by atoms with Crippen molar-refractivity contribution in [2.24, 2.45) is 5.73 Å². The van der Waals surface area contributed by atoms with Gasteiger partial charge in [-0.3, -0.25) is 9.59 Å². The number of carbonyl (C=O) groups excluding carboxylic acids is 2. The summed E-state index contributed by atoms with van der Waals surface area (Å²) in [5.74, 6) is 0.256. The first-order chi connectivity index (χ1) is 18.3. The number of nitrogens with zero attached hydrogens (tertiary/aromatic N) is 4. The zero-order valence-electron chi connectivity index (χ0n) is 21.5. The van der Waals surface area contributed by atoms with Gasteiger partial charge in [-0.15, -0.1) is 21.5 Å². The lowest BCUT2D eigenvalue weighted by molar-refractivity contribution is -0.128. The van der Waals surface area contributed by atoms with Crippen LogP contribution in [0, 0.1) is 0 Å². The van der Waals surface area contributed by atoms with Gasteiger partial charge >= 0.3 is 0 Å². The van der Waals surface area contributed by atoms with E-state index in [-0.39, 0.29) is 18.2 Å². The maximum atomic E-state index is 13.8. The van der Waals surface area contributed by atoms with E-state index in [1.807, 2.05) is 73.8 Å². The summed E-state index contributed by atoms with van der Waals surface area (Å²) < 4.78 is 0. The smallest absolute Gasteiger partial charge is 0.249 e. The number of benzene rings is 2. The van der Waals surface area contributed by atoms with Gasteiger partial charge in [-0.25, -0.2) is 0 Å². The number of tetrazole rings is 1. The summed E-state index contributed by atoms with van der Waals surface area (Å²) in [5, 5.41) is 19.4. The number of amides is 2. The molecule has 2 atom stereocenters. The van der Waals surface area contributed by atoms with Gasteiger partial charge in [0.05, 0.1) is 11.4 Å². The number of aromatic amines is 1. The summed E-state index contributed by atoms with van der Waals surface area (Å²) in [4.78, 5) is 29.3. The minimum absolute atomic E-state index is 0.111. The second kappa shape index (κ2) is 10.8. The number of hydrogen-bond acceptors (Lipinski definition) is 7. The highest BCUT2D eigenvalue weighted by Gasteiger charge is 2.32. The van der Waals surface area contributed by atoms with Crippen LogP contribution in [0.1, 0.15) is 44.2 Å². The molecule has 4 aromatic rings. The molecule has 1 aliphatic rings. The van der Waals surface area contributed by atoms with Crippen LogP contribution >= 0.6 is 11.3 Å². The molecule has 10 heteroatoms. The topological polar surface area (TPSA) is 130 Å². The Morgan fingerprint density at radius 2 is 2.00 bits per heavy atom. The maximum absolute atomic E-state index is 13.8. The zero-order chi connectivity index (χ0) is 26.7. The zero-order valence-corrected chi connectivity index (χ0v) is 22.3. The van der Waals surface area contributed by atoms with Crippen molar-refractivity contribution in [1.82, 2.24) is 25.9 Å². The van der Waals surface area contributed by atoms with E-state index in [1.54, 1.807) is 16.2 Å². The predicted octanol–water partition coefficient (Wildman–Crippen LogP) is 4.08. The molecular formula is C28H31N7O2S. The number of aromatic nitrogens is 4. The van der Waals surface area contributed by atoms with Crippen LogP contribution in [0.5, 0.6) is 0 Å². The van der Waals surface area contributed by atoms with E-state index in [4.69, 9.17) is 5.73 Å². The van der Waals surface area contributed by atoms with Gasteiger partial charge in [0, 0.05) is 23.2 Å². The second-order valence-corrected chi connectivity index (χ2v) is 10.9. The number of nitrogens with two attached hydrogens (primary N) is 1. The second-order valence-electron chi connectivity index (χ2n) is 9.99. The normalized spacial score (nSPS) is 17.0. The Morgan fingerprint density at radius 3 is 2.74 bits per heavy atom. The van der Waals surface area contributed by atoms with Crippen molar-refractivity contribution in [1.29, 1.82) is 0 Å². The highest BCUT2D eigenvalue weighted by Crippen LogP contribution is 2.35. The minimum Gasteiger partial charge on any atom is -0.344 e. The van der Waals surface area contributed by atoms with Crippen LogP contribution in [-0.4, -0.2) is 44.0 Å². The Kier molecular flexibility index (Phi) is 7.35. The fourth-order valence-electron chi connectivity index (χ4n) is 4.69. The van der Waals surface area contributed by atoms with Crippen molar-refractivity contribution in [2.45, 2.75) is 57.7 Å². The lowest BCUT2D eigenvalue weighted by Crippen LogP contribution is -2.50. The molecule has 0 fully saturated rings. The molecule has 196 valence electrons. The number of H-pyrrole nitrogens is 1. The van der Waals surface area contributed by atoms with Gasteiger partial charge in [0.1, 0.15) is 6.04 Å². The van der Waals surface area contributed by atoms with Crippen molar-refractivity contribution < 1.29 is 9.59 Å². The summed E-state index contributed by atoms with van der Waals surface area (Å²) >= 11 is 1.56. The molecule has 38 heavy (non-hydrogen) atoms. The molecule has 3 heterocycles. The van der Waals surface area contributed by atoms with Crippen molar-refractivity contribution in [2.75, 3.05) is 4.90 Å². The highest BCUT2D eigenvalue weighted by atomic mass is 32.1. The first-order valence-corrected chi connectivity index (χ1v) is 13.6. The van der Waals surface area contributed by atoms with Gasteiger partial charge in [0.2, 0.25) is 17.6 Å². The fourth-order valence-corrected chi connectivity index (χ4v) is 5.53. The molecule has 2 aromatic carbocycles. The Labute approximate surface area is 225 Å². The first-order valence-electron chi connectivity index (χ1n) is 12.7. The maximum Gasteiger partial charge on any atom is 0.249 e. The van der Waals surface area contributed by atoms with Gasteiger partial charge in [0.15, 0.2) is 0 Å². The molecule has 9 nitrogen and oxygen atoms in total.